The molecule has 66 heavy (non-hydrogen) atoms. The molecule has 0 heterocycles. The van der Waals surface area contributed by atoms with Crippen LogP contribution in [0.3, 0.4) is 0 Å². The van der Waals surface area contributed by atoms with E-state index < -0.39 is 6.10 Å². The van der Waals surface area contributed by atoms with E-state index in [1.165, 1.54) is 199 Å². The standard InChI is InChI=1S/C61H112O5/c1-4-7-10-13-16-19-22-25-27-29-30-31-33-35-38-41-44-47-50-53-56-64-57-59(66-61(63)55-52-49-46-43-40-36-24-21-18-15-12-9-6-3)58-65-60(62)54-51-48-45-42-39-37-34-32-28-26-23-20-17-14-11-8-5-2/h9,12,18,21,26,28,36,40,59H,4-8,10-11,13-17,19-20,22-25,27,29-35,37-39,41-58H2,1-3H3/b12-9-,21-18-,28-26-,40-36-. The van der Waals surface area contributed by atoms with Crippen molar-refractivity contribution < 1.29 is 23.8 Å². The third-order valence-corrected chi connectivity index (χ3v) is 12.8. The molecule has 0 bridgehead atoms. The van der Waals surface area contributed by atoms with Crippen LogP contribution in [0.5, 0.6) is 0 Å². The summed E-state index contributed by atoms with van der Waals surface area (Å²) in [7, 11) is 0. The van der Waals surface area contributed by atoms with Crippen molar-refractivity contribution in [1.82, 2.24) is 0 Å². The second-order valence-corrected chi connectivity index (χ2v) is 19.5. The van der Waals surface area contributed by atoms with Crippen LogP contribution in [0, 0.1) is 0 Å². The molecule has 1 unspecified atom stereocenters. The molecule has 0 saturated heterocycles. The minimum atomic E-state index is -0.551. The van der Waals surface area contributed by atoms with Gasteiger partial charge in [0.25, 0.3) is 0 Å². The zero-order chi connectivity index (χ0) is 47.7. The lowest BCUT2D eigenvalue weighted by Gasteiger charge is -2.18. The van der Waals surface area contributed by atoms with Gasteiger partial charge >= 0.3 is 11.9 Å². The lowest BCUT2D eigenvalue weighted by atomic mass is 10.0. The minimum Gasteiger partial charge on any atom is -0.462 e. The molecule has 0 aromatic heterocycles. The van der Waals surface area contributed by atoms with E-state index in [0.717, 1.165) is 70.6 Å². The highest BCUT2D eigenvalue weighted by Gasteiger charge is 2.17. The maximum atomic E-state index is 12.8. The molecule has 0 aliphatic heterocycles. The molecule has 5 nitrogen and oxygen atoms in total. The lowest BCUT2D eigenvalue weighted by Crippen LogP contribution is -2.30. The normalized spacial score (nSPS) is 12.5. The minimum absolute atomic E-state index is 0.0748. The molecular formula is C61H112O5. The van der Waals surface area contributed by atoms with Gasteiger partial charge in [-0.3, -0.25) is 9.59 Å². The van der Waals surface area contributed by atoms with Gasteiger partial charge in [0.15, 0.2) is 6.10 Å². The van der Waals surface area contributed by atoms with Crippen molar-refractivity contribution in [1.29, 1.82) is 0 Å². The average molecular weight is 926 g/mol. The van der Waals surface area contributed by atoms with Crippen LogP contribution in [0.25, 0.3) is 0 Å². The predicted octanol–water partition coefficient (Wildman–Crippen LogP) is 19.9. The largest absolute Gasteiger partial charge is 0.462 e. The van der Waals surface area contributed by atoms with Crippen LogP contribution >= 0.6 is 0 Å². The summed E-state index contributed by atoms with van der Waals surface area (Å²) in [5.74, 6) is -0.421. The van der Waals surface area contributed by atoms with E-state index in [9.17, 15) is 9.59 Å². The van der Waals surface area contributed by atoms with Crippen molar-refractivity contribution in [3.63, 3.8) is 0 Å². The molecule has 0 amide bonds. The number of unbranched alkanes of at least 4 members (excludes halogenated alkanes) is 35. The van der Waals surface area contributed by atoms with Crippen molar-refractivity contribution in [3.05, 3.63) is 48.6 Å². The summed E-state index contributed by atoms with van der Waals surface area (Å²) in [5, 5.41) is 0. The molecule has 386 valence electrons. The SMILES string of the molecule is CC/C=C\C/C=C\C/C=C\CCCCCC(=O)OC(COCCCCCCCCCCCCCCCCCCCCCC)COC(=O)CCCCCCCCC/C=C\CCCCCCCC. The second kappa shape index (κ2) is 57.2. The molecule has 0 aliphatic carbocycles. The molecular weight excluding hydrogens is 813 g/mol. The Morgan fingerprint density at radius 1 is 0.348 bits per heavy atom. The van der Waals surface area contributed by atoms with E-state index >= 15 is 0 Å². The Morgan fingerprint density at radius 2 is 0.682 bits per heavy atom. The van der Waals surface area contributed by atoms with Gasteiger partial charge in [0.1, 0.15) is 6.61 Å². The van der Waals surface area contributed by atoms with Gasteiger partial charge in [-0.1, -0.05) is 262 Å². The molecule has 1 atom stereocenters. The Labute approximate surface area is 412 Å². The van der Waals surface area contributed by atoms with Crippen LogP contribution < -0.4 is 0 Å². The van der Waals surface area contributed by atoms with Crippen molar-refractivity contribution in [2.24, 2.45) is 0 Å². The topological polar surface area (TPSA) is 61.8 Å². The van der Waals surface area contributed by atoms with Gasteiger partial charge in [-0.15, -0.1) is 0 Å². The number of carbonyl (C=O) groups excluding carboxylic acids is 2. The Kier molecular flexibility index (Phi) is 55.3. The van der Waals surface area contributed by atoms with Crippen LogP contribution in [0.2, 0.25) is 0 Å². The summed E-state index contributed by atoms with van der Waals surface area (Å²) >= 11 is 0. The predicted molar refractivity (Wildman–Crippen MR) is 288 cm³/mol. The first-order valence-corrected chi connectivity index (χ1v) is 29.2. The molecule has 0 spiro atoms. The van der Waals surface area contributed by atoms with Gasteiger partial charge in [0.05, 0.1) is 6.61 Å². The lowest BCUT2D eigenvalue weighted by molar-refractivity contribution is -0.163. The Hall–Kier alpha value is -2.14. The smallest absolute Gasteiger partial charge is 0.306 e. The van der Waals surface area contributed by atoms with Gasteiger partial charge in [-0.05, 0) is 77.0 Å². The first-order chi connectivity index (χ1) is 32.6. The molecule has 0 aromatic carbocycles. The van der Waals surface area contributed by atoms with Crippen molar-refractivity contribution in [3.8, 4) is 0 Å². The molecule has 0 radical (unpaired) electrons. The molecule has 5 heteroatoms. The van der Waals surface area contributed by atoms with Crippen LogP contribution in [0.4, 0.5) is 0 Å². The molecule has 0 aliphatic rings. The van der Waals surface area contributed by atoms with Crippen molar-refractivity contribution in [2.75, 3.05) is 19.8 Å². The Balaban J connectivity index is 4.22. The van der Waals surface area contributed by atoms with E-state index in [2.05, 4.69) is 69.4 Å². The maximum absolute atomic E-state index is 12.8. The maximum Gasteiger partial charge on any atom is 0.306 e. The van der Waals surface area contributed by atoms with Gasteiger partial charge in [0, 0.05) is 19.4 Å². The number of hydrogen-bond donors (Lipinski definition) is 0. The third kappa shape index (κ3) is 54.5. The van der Waals surface area contributed by atoms with Gasteiger partial charge < -0.3 is 14.2 Å². The summed E-state index contributed by atoms with van der Waals surface area (Å²) in [5.41, 5.74) is 0. The fourth-order valence-corrected chi connectivity index (χ4v) is 8.52. The van der Waals surface area contributed by atoms with Crippen molar-refractivity contribution >= 4 is 11.9 Å². The van der Waals surface area contributed by atoms with Crippen LogP contribution in [-0.4, -0.2) is 37.9 Å². The second-order valence-electron chi connectivity index (χ2n) is 19.5. The van der Waals surface area contributed by atoms with E-state index in [4.69, 9.17) is 14.2 Å². The first-order valence-electron chi connectivity index (χ1n) is 29.2. The summed E-state index contributed by atoms with van der Waals surface area (Å²) in [6.07, 6.45) is 71.4. The monoisotopic (exact) mass is 925 g/mol. The number of carbonyl (C=O) groups is 2. The summed E-state index contributed by atoms with van der Waals surface area (Å²) < 4.78 is 17.5. The van der Waals surface area contributed by atoms with E-state index in [-0.39, 0.29) is 25.2 Å². The number of esters is 2. The molecule has 0 aromatic rings. The van der Waals surface area contributed by atoms with Crippen LogP contribution in [0.1, 0.15) is 303 Å². The zero-order valence-electron chi connectivity index (χ0n) is 44.5. The Morgan fingerprint density at radius 3 is 1.12 bits per heavy atom. The fourth-order valence-electron chi connectivity index (χ4n) is 8.52. The highest BCUT2D eigenvalue weighted by Crippen LogP contribution is 2.16. The summed E-state index contributed by atoms with van der Waals surface area (Å²) in [6.45, 7) is 7.73. The number of hydrogen-bond acceptors (Lipinski definition) is 5. The van der Waals surface area contributed by atoms with Gasteiger partial charge in [-0.2, -0.15) is 0 Å². The van der Waals surface area contributed by atoms with E-state index in [1.807, 2.05) is 0 Å². The average Bonchev–Trinajstić information content (AvgIpc) is 3.32. The highest BCUT2D eigenvalue weighted by molar-refractivity contribution is 5.70. The molecule has 0 fully saturated rings. The summed E-state index contributed by atoms with van der Waals surface area (Å²) in [4.78, 5) is 25.5. The molecule has 0 rings (SSSR count). The van der Waals surface area contributed by atoms with Crippen LogP contribution in [0.15, 0.2) is 48.6 Å². The Bertz CT molecular complexity index is 1090. The van der Waals surface area contributed by atoms with E-state index in [1.54, 1.807) is 0 Å². The van der Waals surface area contributed by atoms with Gasteiger partial charge in [0.2, 0.25) is 0 Å². The third-order valence-electron chi connectivity index (χ3n) is 12.8. The number of allylic oxidation sites excluding steroid dienone is 8. The van der Waals surface area contributed by atoms with Crippen LogP contribution in [-0.2, 0) is 23.8 Å². The number of ether oxygens (including phenoxy) is 3. The zero-order valence-corrected chi connectivity index (χ0v) is 44.5. The quantitative estimate of drug-likeness (QED) is 0.0345. The van der Waals surface area contributed by atoms with Gasteiger partial charge in [-0.25, -0.2) is 0 Å². The first kappa shape index (κ1) is 63.9. The number of rotatable bonds is 54. The summed E-state index contributed by atoms with van der Waals surface area (Å²) in [6, 6.07) is 0. The van der Waals surface area contributed by atoms with E-state index in [0.29, 0.717) is 19.4 Å². The molecule has 0 saturated carbocycles. The van der Waals surface area contributed by atoms with Crippen molar-refractivity contribution in [2.45, 2.75) is 309 Å². The fraction of sp³-hybridized carbons (Fsp3) is 0.836. The highest BCUT2D eigenvalue weighted by atomic mass is 16.6. The molecule has 0 N–H and O–H groups in total.